The highest BCUT2D eigenvalue weighted by atomic mass is 32.2. The molecule has 10 heteroatoms. The van der Waals surface area contributed by atoms with E-state index in [1.165, 1.54) is 19.3 Å². The molecular formula is C27H35N3O5S2. The molecule has 8 nitrogen and oxygen atoms in total. The molecule has 0 unspecified atom stereocenters. The number of rotatable bonds is 10. The maximum atomic E-state index is 13.5. The summed E-state index contributed by atoms with van der Waals surface area (Å²) >= 11 is 1.62. The highest BCUT2D eigenvalue weighted by Gasteiger charge is 2.44. The van der Waals surface area contributed by atoms with E-state index in [9.17, 15) is 13.2 Å². The van der Waals surface area contributed by atoms with Crippen molar-refractivity contribution in [3.8, 4) is 5.75 Å². The van der Waals surface area contributed by atoms with Crippen molar-refractivity contribution in [3.05, 3.63) is 42.0 Å². The van der Waals surface area contributed by atoms with Gasteiger partial charge in [-0.1, -0.05) is 0 Å². The number of aliphatic hydroxyl groups excluding tert-OH is 1. The van der Waals surface area contributed by atoms with Crippen molar-refractivity contribution in [2.75, 3.05) is 46.6 Å². The molecule has 200 valence electrons. The van der Waals surface area contributed by atoms with Gasteiger partial charge in [0.2, 0.25) is 10.0 Å². The molecule has 0 radical (unpaired) electrons. The number of ether oxygens (including phenoxy) is 1. The second-order valence-corrected chi connectivity index (χ2v) is 13.0. The molecule has 1 saturated heterocycles. The van der Waals surface area contributed by atoms with Crippen molar-refractivity contribution in [3.63, 3.8) is 0 Å². The number of carbonyl (C=O) groups excluding carboxylic acids is 1. The van der Waals surface area contributed by atoms with Gasteiger partial charge >= 0.3 is 0 Å². The van der Waals surface area contributed by atoms with E-state index in [4.69, 9.17) is 9.84 Å². The number of thioether (sulfide) groups is 1. The first-order valence-electron chi connectivity index (χ1n) is 13.0. The number of aliphatic hydroxyl groups is 1. The highest BCUT2D eigenvalue weighted by Crippen LogP contribution is 2.54. The molecule has 1 spiro atoms. The highest BCUT2D eigenvalue weighted by molar-refractivity contribution is 7.98. The van der Waals surface area contributed by atoms with E-state index < -0.39 is 16.6 Å². The van der Waals surface area contributed by atoms with E-state index in [0.29, 0.717) is 28.0 Å². The summed E-state index contributed by atoms with van der Waals surface area (Å²) in [5.74, 6) is 0.154. The number of carbonyl (C=O) groups is 1. The van der Waals surface area contributed by atoms with Crippen molar-refractivity contribution in [1.29, 1.82) is 0 Å². The van der Waals surface area contributed by atoms with Gasteiger partial charge in [-0.25, -0.2) is 8.42 Å². The fourth-order valence-electron chi connectivity index (χ4n) is 5.01. The standard InChI is InChI=1S/C27H35N3O5S2/c1-36-25-8-6-19(18-24(25)35-21-3-2-4-21)28-26(32)22-7-5-20(29-37(33,34)16-15-31)17-23(22)30-13-11-27(9-10-27)12-14-30/h5-8,17-18,21,29,31H,2-4,9-16H2,1H3,(H,28,32). The largest absolute Gasteiger partial charge is 0.489 e. The van der Waals surface area contributed by atoms with E-state index in [1.54, 1.807) is 30.0 Å². The van der Waals surface area contributed by atoms with E-state index >= 15 is 0 Å². The van der Waals surface area contributed by atoms with Gasteiger partial charge in [0.1, 0.15) is 5.75 Å². The summed E-state index contributed by atoms with van der Waals surface area (Å²) in [6.45, 7) is 1.20. The zero-order valence-electron chi connectivity index (χ0n) is 21.2. The quantitative estimate of drug-likeness (QED) is 0.371. The van der Waals surface area contributed by atoms with Crippen LogP contribution in [0.1, 0.15) is 55.3 Å². The van der Waals surface area contributed by atoms with Crippen molar-refractivity contribution < 1.29 is 23.1 Å². The van der Waals surface area contributed by atoms with Crippen molar-refractivity contribution >= 4 is 44.8 Å². The Morgan fingerprint density at radius 1 is 1.11 bits per heavy atom. The summed E-state index contributed by atoms with van der Waals surface area (Å²) in [5.41, 5.74) is 2.71. The Kier molecular flexibility index (Phi) is 7.60. The molecule has 1 amide bonds. The van der Waals surface area contributed by atoms with E-state index in [1.807, 2.05) is 24.5 Å². The predicted molar refractivity (Wildman–Crippen MR) is 148 cm³/mol. The van der Waals surface area contributed by atoms with Crippen LogP contribution in [0.5, 0.6) is 5.75 Å². The number of benzene rings is 2. The normalized spacial score (nSPS) is 18.8. The van der Waals surface area contributed by atoms with Crippen LogP contribution in [0.4, 0.5) is 17.1 Å². The lowest BCUT2D eigenvalue weighted by Gasteiger charge is -2.35. The third-order valence-electron chi connectivity index (χ3n) is 7.76. The molecule has 2 aromatic rings. The number of piperidine rings is 1. The predicted octanol–water partition coefficient (Wildman–Crippen LogP) is 4.71. The van der Waals surface area contributed by atoms with E-state index in [-0.39, 0.29) is 17.8 Å². The molecule has 3 fully saturated rings. The van der Waals surface area contributed by atoms with Gasteiger partial charge in [0.15, 0.2) is 0 Å². The Labute approximate surface area is 223 Å². The van der Waals surface area contributed by atoms with Crippen LogP contribution in [0, 0.1) is 5.41 Å². The molecule has 3 aliphatic rings. The third kappa shape index (κ3) is 6.18. The average Bonchev–Trinajstić information content (AvgIpc) is 3.60. The van der Waals surface area contributed by atoms with Gasteiger partial charge in [-0.15, -0.1) is 11.8 Å². The molecule has 5 rings (SSSR count). The number of amides is 1. The Morgan fingerprint density at radius 2 is 1.84 bits per heavy atom. The molecule has 1 aliphatic heterocycles. The molecule has 0 atom stereocenters. The van der Waals surface area contributed by atoms with E-state index in [0.717, 1.165) is 49.4 Å². The average molecular weight is 546 g/mol. The van der Waals surface area contributed by atoms with Crippen molar-refractivity contribution in [2.45, 2.75) is 55.9 Å². The Balaban J connectivity index is 1.39. The molecule has 2 saturated carbocycles. The minimum atomic E-state index is -3.68. The molecule has 2 aromatic carbocycles. The maximum Gasteiger partial charge on any atom is 0.257 e. The number of hydrogen-bond acceptors (Lipinski definition) is 7. The van der Waals surface area contributed by atoms with Gasteiger partial charge in [0, 0.05) is 29.7 Å². The zero-order chi connectivity index (χ0) is 26.0. The molecule has 3 N–H and O–H groups in total. The molecular weight excluding hydrogens is 510 g/mol. The fraction of sp³-hybridized carbons (Fsp3) is 0.519. The minimum absolute atomic E-state index is 0.236. The van der Waals surface area contributed by atoms with Gasteiger partial charge in [0.25, 0.3) is 5.91 Å². The summed E-state index contributed by atoms with van der Waals surface area (Å²) in [4.78, 5) is 16.7. The lowest BCUT2D eigenvalue weighted by Crippen LogP contribution is -2.35. The van der Waals surface area contributed by atoms with Crippen LogP contribution in [0.15, 0.2) is 41.3 Å². The van der Waals surface area contributed by atoms with Gasteiger partial charge in [-0.3, -0.25) is 9.52 Å². The number of sulfonamides is 1. The Bertz CT molecular complexity index is 1250. The van der Waals surface area contributed by atoms with Crippen LogP contribution in [0.25, 0.3) is 0 Å². The first kappa shape index (κ1) is 26.2. The smallest absolute Gasteiger partial charge is 0.257 e. The van der Waals surface area contributed by atoms with Crippen LogP contribution in [-0.2, 0) is 10.0 Å². The SMILES string of the molecule is CSc1ccc(NC(=O)c2ccc(NS(=O)(=O)CCO)cc2N2CCC3(CC2)CC3)cc1OC1CCC1. The van der Waals surface area contributed by atoms with E-state index in [2.05, 4.69) is 14.9 Å². The second kappa shape index (κ2) is 10.7. The molecule has 0 bridgehead atoms. The number of nitrogens with zero attached hydrogens (tertiary/aromatic N) is 1. The van der Waals surface area contributed by atoms with Crippen molar-refractivity contribution in [2.24, 2.45) is 5.41 Å². The number of anilines is 3. The summed E-state index contributed by atoms with van der Waals surface area (Å²) in [6.07, 6.45) is 10.2. The molecule has 1 heterocycles. The maximum absolute atomic E-state index is 13.5. The summed E-state index contributed by atoms with van der Waals surface area (Å²) in [5, 5.41) is 12.1. The third-order valence-corrected chi connectivity index (χ3v) is 9.81. The van der Waals surface area contributed by atoms with Crippen LogP contribution in [0.3, 0.4) is 0 Å². The van der Waals surface area contributed by atoms with Crippen molar-refractivity contribution in [1.82, 2.24) is 0 Å². The van der Waals surface area contributed by atoms with Gasteiger partial charge in [-0.05, 0) is 86.9 Å². The van der Waals surface area contributed by atoms with Crippen LogP contribution in [-0.4, -0.2) is 57.2 Å². The Morgan fingerprint density at radius 3 is 2.46 bits per heavy atom. The second-order valence-electron chi connectivity index (χ2n) is 10.4. The first-order chi connectivity index (χ1) is 17.8. The molecule has 2 aliphatic carbocycles. The summed E-state index contributed by atoms with van der Waals surface area (Å²) in [7, 11) is -3.68. The van der Waals surface area contributed by atoms with Crippen LogP contribution >= 0.6 is 11.8 Å². The summed E-state index contributed by atoms with van der Waals surface area (Å²) in [6, 6.07) is 10.7. The van der Waals surface area contributed by atoms with Gasteiger partial charge in [0.05, 0.1) is 35.4 Å². The lowest BCUT2D eigenvalue weighted by atomic mass is 9.93. The fourth-order valence-corrected chi connectivity index (χ4v) is 6.35. The van der Waals surface area contributed by atoms with Crippen LogP contribution in [0.2, 0.25) is 0 Å². The zero-order valence-corrected chi connectivity index (χ0v) is 22.8. The monoisotopic (exact) mass is 545 g/mol. The number of nitrogens with one attached hydrogen (secondary N) is 2. The Hall–Kier alpha value is -2.43. The minimum Gasteiger partial charge on any atom is -0.489 e. The molecule has 37 heavy (non-hydrogen) atoms. The first-order valence-corrected chi connectivity index (χ1v) is 15.8. The van der Waals surface area contributed by atoms with Crippen LogP contribution < -0.4 is 19.7 Å². The van der Waals surface area contributed by atoms with Gasteiger partial charge in [-0.2, -0.15) is 0 Å². The lowest BCUT2D eigenvalue weighted by molar-refractivity contribution is 0.102. The topological polar surface area (TPSA) is 108 Å². The van der Waals surface area contributed by atoms with Gasteiger partial charge < -0.3 is 20.1 Å². The molecule has 0 aromatic heterocycles. The summed E-state index contributed by atoms with van der Waals surface area (Å²) < 4.78 is 33.2. The number of hydrogen-bond donors (Lipinski definition) is 3.